The van der Waals surface area contributed by atoms with Gasteiger partial charge in [-0.2, -0.15) is 5.26 Å². The number of hydrogen-bond acceptors (Lipinski definition) is 6. The summed E-state index contributed by atoms with van der Waals surface area (Å²) in [5.41, 5.74) is 0.523. The molecule has 0 saturated carbocycles. The number of aromatic nitrogens is 1. The van der Waals surface area contributed by atoms with Gasteiger partial charge in [0.2, 0.25) is 0 Å². The number of fused-ring (bicyclic) bond motifs is 1. The van der Waals surface area contributed by atoms with Gasteiger partial charge in [-0.25, -0.2) is 4.39 Å². The molecule has 1 amide bonds. The van der Waals surface area contributed by atoms with Crippen molar-refractivity contribution >= 4 is 22.5 Å². The van der Waals surface area contributed by atoms with E-state index in [1.807, 2.05) is 0 Å². The van der Waals surface area contributed by atoms with Gasteiger partial charge in [-0.3, -0.25) is 19.9 Å². The first-order chi connectivity index (χ1) is 15.9. The highest BCUT2D eigenvalue weighted by atomic mass is 19.1. The Morgan fingerprint density at radius 3 is 2.61 bits per heavy atom. The van der Waals surface area contributed by atoms with Crippen LogP contribution in [0, 0.1) is 32.7 Å². The Morgan fingerprint density at radius 1 is 1.21 bits per heavy atom. The minimum atomic E-state index is -0.603. The Bertz CT molecular complexity index is 1230. The maximum Gasteiger partial charge on any atom is 0.279 e. The molecule has 0 aliphatic carbocycles. The van der Waals surface area contributed by atoms with Gasteiger partial charge in [0.1, 0.15) is 17.1 Å². The van der Waals surface area contributed by atoms with E-state index in [0.29, 0.717) is 49.0 Å². The number of nitrogens with zero attached hydrogens (tertiary/aromatic N) is 4. The molecule has 8 nitrogen and oxygen atoms in total. The van der Waals surface area contributed by atoms with Gasteiger partial charge in [-0.05, 0) is 55.2 Å². The van der Waals surface area contributed by atoms with Crippen molar-refractivity contribution in [2.24, 2.45) is 5.41 Å². The SMILES string of the molecule is N#CC1(Cc2ccc(F)cc2)CCN(C(=O)COc2ccc([N+](=O)[O-])c3cccnc23)CC1. The van der Waals surface area contributed by atoms with E-state index in [1.165, 1.54) is 30.5 Å². The Kier molecular flexibility index (Phi) is 6.18. The van der Waals surface area contributed by atoms with Gasteiger partial charge in [0, 0.05) is 25.4 Å². The lowest BCUT2D eigenvalue weighted by Crippen LogP contribution is -2.45. The van der Waals surface area contributed by atoms with Crippen LogP contribution in [-0.4, -0.2) is 40.4 Å². The highest BCUT2D eigenvalue weighted by Crippen LogP contribution is 2.35. The number of likely N-dealkylation sites (tertiary alicyclic amines) is 1. The molecule has 0 radical (unpaired) electrons. The van der Waals surface area contributed by atoms with Crippen LogP contribution in [0.3, 0.4) is 0 Å². The van der Waals surface area contributed by atoms with Crippen LogP contribution in [0.4, 0.5) is 10.1 Å². The van der Waals surface area contributed by atoms with Crippen LogP contribution in [0.2, 0.25) is 0 Å². The molecule has 0 atom stereocenters. The van der Waals surface area contributed by atoms with Crippen LogP contribution in [0.5, 0.6) is 5.75 Å². The molecule has 1 fully saturated rings. The summed E-state index contributed by atoms with van der Waals surface area (Å²) in [7, 11) is 0. The zero-order valence-electron chi connectivity index (χ0n) is 17.7. The van der Waals surface area contributed by atoms with Gasteiger partial charge in [0.25, 0.3) is 11.6 Å². The summed E-state index contributed by atoms with van der Waals surface area (Å²) in [5.74, 6) is -0.254. The van der Waals surface area contributed by atoms with Crippen molar-refractivity contribution in [3.63, 3.8) is 0 Å². The van der Waals surface area contributed by atoms with Gasteiger partial charge < -0.3 is 9.64 Å². The molecular weight excluding hydrogens is 427 g/mol. The average Bonchev–Trinajstić information content (AvgIpc) is 2.84. The number of piperidine rings is 1. The largest absolute Gasteiger partial charge is 0.481 e. The molecule has 2 aromatic carbocycles. The number of amides is 1. The molecule has 168 valence electrons. The topological polar surface area (TPSA) is 109 Å². The van der Waals surface area contributed by atoms with Crippen molar-refractivity contribution in [2.45, 2.75) is 19.3 Å². The minimum Gasteiger partial charge on any atom is -0.481 e. The van der Waals surface area contributed by atoms with Crippen molar-refractivity contribution in [2.75, 3.05) is 19.7 Å². The minimum absolute atomic E-state index is 0.0817. The van der Waals surface area contributed by atoms with E-state index in [-0.39, 0.29) is 24.0 Å². The predicted octanol–water partition coefficient (Wildman–Crippen LogP) is 4.04. The maximum absolute atomic E-state index is 13.2. The monoisotopic (exact) mass is 448 g/mol. The van der Waals surface area contributed by atoms with Gasteiger partial charge in [-0.15, -0.1) is 0 Å². The third-order valence-corrected chi connectivity index (χ3v) is 6.02. The lowest BCUT2D eigenvalue weighted by Gasteiger charge is -2.37. The lowest BCUT2D eigenvalue weighted by molar-refractivity contribution is -0.383. The quantitative estimate of drug-likeness (QED) is 0.416. The van der Waals surface area contributed by atoms with Crippen molar-refractivity contribution in [3.05, 3.63) is 76.2 Å². The van der Waals surface area contributed by atoms with Crippen LogP contribution >= 0.6 is 0 Å². The fraction of sp³-hybridized carbons (Fsp3) is 0.292. The molecule has 1 aromatic heterocycles. The predicted molar refractivity (Wildman–Crippen MR) is 118 cm³/mol. The first-order valence-electron chi connectivity index (χ1n) is 10.5. The van der Waals surface area contributed by atoms with E-state index in [4.69, 9.17) is 4.74 Å². The summed E-state index contributed by atoms with van der Waals surface area (Å²) in [6, 6.07) is 14.5. The summed E-state index contributed by atoms with van der Waals surface area (Å²) in [5, 5.41) is 21.4. The first kappa shape index (κ1) is 22.1. The number of carbonyl (C=O) groups excluding carboxylic acids is 1. The Morgan fingerprint density at radius 2 is 1.94 bits per heavy atom. The number of carbonyl (C=O) groups is 1. The molecule has 0 spiro atoms. The maximum atomic E-state index is 13.2. The van der Waals surface area contributed by atoms with E-state index >= 15 is 0 Å². The second-order valence-electron chi connectivity index (χ2n) is 8.10. The van der Waals surface area contributed by atoms with Crippen molar-refractivity contribution in [1.29, 1.82) is 5.26 Å². The van der Waals surface area contributed by atoms with E-state index in [2.05, 4.69) is 11.1 Å². The number of benzene rings is 2. The molecule has 4 rings (SSSR count). The molecule has 3 aromatic rings. The Balaban J connectivity index is 1.39. The molecule has 33 heavy (non-hydrogen) atoms. The number of hydrogen-bond donors (Lipinski definition) is 0. The highest BCUT2D eigenvalue weighted by molar-refractivity contribution is 5.92. The Labute approximate surface area is 189 Å². The number of rotatable bonds is 6. The zero-order valence-corrected chi connectivity index (χ0v) is 17.7. The number of ether oxygens (including phenoxy) is 1. The van der Waals surface area contributed by atoms with E-state index in [1.54, 1.807) is 29.2 Å². The van der Waals surface area contributed by atoms with Gasteiger partial charge in [0.15, 0.2) is 6.61 Å². The summed E-state index contributed by atoms with van der Waals surface area (Å²) in [6.07, 6.45) is 3.03. The summed E-state index contributed by atoms with van der Waals surface area (Å²) in [6.45, 7) is 0.591. The highest BCUT2D eigenvalue weighted by Gasteiger charge is 2.36. The number of non-ortho nitro benzene ring substituents is 1. The number of pyridine rings is 1. The van der Waals surface area contributed by atoms with E-state index < -0.39 is 10.3 Å². The molecule has 1 aliphatic rings. The average molecular weight is 448 g/mol. The van der Waals surface area contributed by atoms with Crippen LogP contribution in [0.15, 0.2) is 54.7 Å². The van der Waals surface area contributed by atoms with Crippen LogP contribution < -0.4 is 4.74 Å². The molecule has 9 heteroatoms. The van der Waals surface area contributed by atoms with Crippen molar-refractivity contribution in [1.82, 2.24) is 9.88 Å². The van der Waals surface area contributed by atoms with Crippen LogP contribution in [0.25, 0.3) is 10.9 Å². The molecule has 1 saturated heterocycles. The van der Waals surface area contributed by atoms with Gasteiger partial charge in [0.05, 0.1) is 21.8 Å². The number of halogens is 1. The fourth-order valence-electron chi connectivity index (χ4n) is 4.14. The molecule has 0 bridgehead atoms. The summed E-state index contributed by atoms with van der Waals surface area (Å²) in [4.78, 5) is 29.3. The molecule has 0 N–H and O–H groups in total. The van der Waals surface area contributed by atoms with E-state index in [0.717, 1.165) is 5.56 Å². The fourth-order valence-corrected chi connectivity index (χ4v) is 4.14. The molecule has 0 unspecified atom stereocenters. The molecular formula is C24H21FN4O4. The van der Waals surface area contributed by atoms with Crippen molar-refractivity contribution < 1.29 is 18.8 Å². The smallest absolute Gasteiger partial charge is 0.279 e. The summed E-state index contributed by atoms with van der Waals surface area (Å²) < 4.78 is 18.8. The van der Waals surface area contributed by atoms with Gasteiger partial charge >= 0.3 is 0 Å². The lowest BCUT2D eigenvalue weighted by atomic mass is 9.75. The Hall–Kier alpha value is -4.06. The number of nitro groups is 1. The zero-order chi connectivity index (χ0) is 23.4. The number of nitro benzene ring substituents is 1. The summed E-state index contributed by atoms with van der Waals surface area (Å²) >= 11 is 0. The second kappa shape index (κ2) is 9.20. The van der Waals surface area contributed by atoms with E-state index in [9.17, 15) is 24.6 Å². The van der Waals surface area contributed by atoms with Gasteiger partial charge in [-0.1, -0.05) is 12.1 Å². The number of nitriles is 1. The van der Waals surface area contributed by atoms with Crippen LogP contribution in [-0.2, 0) is 11.2 Å². The second-order valence-corrected chi connectivity index (χ2v) is 8.10. The standard InChI is InChI=1S/C24H21FN4O4/c25-18-5-3-17(4-6-18)14-24(16-26)9-12-28(13-10-24)22(30)15-33-21-8-7-20(29(31)32)19-2-1-11-27-23(19)21/h1-8,11H,9-10,12-15H2. The molecule has 2 heterocycles. The third kappa shape index (κ3) is 4.75. The van der Waals surface area contributed by atoms with Crippen molar-refractivity contribution in [3.8, 4) is 11.8 Å². The van der Waals surface area contributed by atoms with Crippen LogP contribution in [0.1, 0.15) is 18.4 Å². The molecule has 1 aliphatic heterocycles. The normalized spacial score (nSPS) is 15.1. The third-order valence-electron chi connectivity index (χ3n) is 6.02. The first-order valence-corrected chi connectivity index (χ1v) is 10.5.